The van der Waals surface area contributed by atoms with Crippen LogP contribution >= 0.6 is 11.6 Å². The van der Waals surface area contributed by atoms with Crippen LogP contribution < -0.4 is 0 Å². The number of hydrogen-bond acceptors (Lipinski definition) is 1. The minimum atomic E-state index is -5.97. The molecule has 0 amide bonds. The Morgan fingerprint density at radius 2 is 1.52 bits per heavy atom. The van der Waals surface area contributed by atoms with E-state index in [4.69, 9.17) is 11.6 Å². The Bertz CT molecular complexity index is 714. The molecule has 23 heavy (non-hydrogen) atoms. The largest absolute Gasteiger partial charge is 0.457 e. The van der Waals surface area contributed by atoms with Gasteiger partial charge in [-0.3, -0.25) is 0 Å². The Hall–Kier alpha value is -1.66. The zero-order valence-corrected chi connectivity index (χ0v) is 12.6. The van der Waals surface area contributed by atoms with Crippen molar-refractivity contribution in [3.05, 3.63) is 70.2 Å². The first-order valence-corrected chi connectivity index (χ1v) is 6.88. The maximum atomic E-state index is 14.2. The summed E-state index contributed by atoms with van der Waals surface area (Å²) in [6.45, 7) is 1.52. The van der Waals surface area contributed by atoms with Crippen molar-refractivity contribution in [2.75, 3.05) is 0 Å². The van der Waals surface area contributed by atoms with E-state index in [9.17, 15) is 27.1 Å². The molecule has 2 aromatic rings. The first kappa shape index (κ1) is 17.7. The molecule has 0 saturated heterocycles. The lowest BCUT2D eigenvalue weighted by atomic mass is 9.80. The average molecular weight is 351 g/mol. The molecule has 0 aliphatic carbocycles. The first-order chi connectivity index (χ1) is 10.5. The number of benzene rings is 2. The van der Waals surface area contributed by atoms with Crippen LogP contribution in [0.15, 0.2) is 48.5 Å². The number of halogens is 6. The zero-order chi connectivity index (χ0) is 17.5. The molecule has 124 valence electrons. The molecule has 7 heteroatoms. The summed E-state index contributed by atoms with van der Waals surface area (Å²) in [6, 6.07) is 9.58. The maximum absolute atomic E-state index is 14.2. The van der Waals surface area contributed by atoms with Gasteiger partial charge >= 0.3 is 12.1 Å². The number of hydrogen-bond donors (Lipinski definition) is 1. The van der Waals surface area contributed by atoms with Gasteiger partial charge in [-0.1, -0.05) is 59.6 Å². The Kier molecular flexibility index (Phi) is 4.43. The SMILES string of the molecule is Cc1cccc(C(O)(c2ccccc2Cl)C(F)(F)C(F)(F)F)c1. The third-order valence-corrected chi connectivity index (χ3v) is 3.84. The monoisotopic (exact) mass is 350 g/mol. The predicted octanol–water partition coefficient (Wildman–Crippen LogP) is 5.08. The summed E-state index contributed by atoms with van der Waals surface area (Å²) in [6.07, 6.45) is -5.97. The third kappa shape index (κ3) is 2.81. The van der Waals surface area contributed by atoms with Crippen LogP contribution in [-0.4, -0.2) is 17.2 Å². The minimum absolute atomic E-state index is 0.388. The van der Waals surface area contributed by atoms with Crippen LogP contribution in [0.1, 0.15) is 16.7 Å². The molecule has 1 atom stereocenters. The molecule has 0 bridgehead atoms. The Labute approximate surface area is 134 Å². The fraction of sp³-hybridized carbons (Fsp3) is 0.250. The summed E-state index contributed by atoms with van der Waals surface area (Å²) in [5, 5.41) is 10.2. The second kappa shape index (κ2) is 5.76. The summed E-state index contributed by atoms with van der Waals surface area (Å²) < 4.78 is 67.4. The lowest BCUT2D eigenvalue weighted by Crippen LogP contribution is -2.55. The van der Waals surface area contributed by atoms with Crippen molar-refractivity contribution in [2.24, 2.45) is 0 Å². The molecule has 1 nitrogen and oxygen atoms in total. The van der Waals surface area contributed by atoms with Gasteiger partial charge in [0.05, 0.1) is 0 Å². The van der Waals surface area contributed by atoms with Crippen LogP contribution in [0.2, 0.25) is 5.02 Å². The molecule has 0 radical (unpaired) electrons. The van der Waals surface area contributed by atoms with Crippen LogP contribution in [0, 0.1) is 6.92 Å². The Morgan fingerprint density at radius 3 is 2.04 bits per heavy atom. The highest BCUT2D eigenvalue weighted by Crippen LogP contribution is 2.53. The number of alkyl halides is 5. The Balaban J connectivity index is 2.83. The predicted molar refractivity (Wildman–Crippen MR) is 76.6 cm³/mol. The van der Waals surface area contributed by atoms with Gasteiger partial charge < -0.3 is 5.11 Å². The van der Waals surface area contributed by atoms with Crippen molar-refractivity contribution in [2.45, 2.75) is 24.6 Å². The molecule has 0 spiro atoms. The van der Waals surface area contributed by atoms with E-state index in [1.165, 1.54) is 31.2 Å². The van der Waals surface area contributed by atoms with Crippen molar-refractivity contribution in [1.29, 1.82) is 0 Å². The molecule has 0 heterocycles. The second-order valence-corrected chi connectivity index (χ2v) is 5.54. The molecule has 1 N–H and O–H groups in total. The van der Waals surface area contributed by atoms with Gasteiger partial charge in [0.1, 0.15) is 0 Å². The van der Waals surface area contributed by atoms with Gasteiger partial charge in [0.2, 0.25) is 0 Å². The first-order valence-electron chi connectivity index (χ1n) is 6.51. The second-order valence-electron chi connectivity index (χ2n) is 5.13. The molecule has 0 saturated carbocycles. The molecule has 0 aliphatic rings. The van der Waals surface area contributed by atoms with Crippen LogP contribution in [0.5, 0.6) is 0 Å². The van der Waals surface area contributed by atoms with Crippen LogP contribution in [0.3, 0.4) is 0 Å². The number of aliphatic hydroxyl groups is 1. The van der Waals surface area contributed by atoms with E-state index >= 15 is 0 Å². The van der Waals surface area contributed by atoms with E-state index in [0.29, 0.717) is 5.56 Å². The van der Waals surface area contributed by atoms with Crippen LogP contribution in [-0.2, 0) is 5.60 Å². The van der Waals surface area contributed by atoms with Gasteiger partial charge in [-0.05, 0) is 18.6 Å². The van der Waals surface area contributed by atoms with Gasteiger partial charge in [0.15, 0.2) is 5.60 Å². The van der Waals surface area contributed by atoms with Crippen molar-refractivity contribution < 1.29 is 27.1 Å². The zero-order valence-electron chi connectivity index (χ0n) is 11.8. The minimum Gasteiger partial charge on any atom is -0.374 e. The van der Waals surface area contributed by atoms with Crippen molar-refractivity contribution in [1.82, 2.24) is 0 Å². The summed E-state index contributed by atoms with van der Waals surface area (Å²) >= 11 is 5.79. The Morgan fingerprint density at radius 1 is 0.913 bits per heavy atom. The van der Waals surface area contributed by atoms with Crippen molar-refractivity contribution in [3.8, 4) is 0 Å². The van der Waals surface area contributed by atoms with Gasteiger partial charge in [-0.25, -0.2) is 0 Å². The van der Waals surface area contributed by atoms with Gasteiger partial charge in [-0.15, -0.1) is 0 Å². The molecule has 2 aromatic carbocycles. The molecular formula is C16H12ClF5O. The van der Waals surface area contributed by atoms with E-state index in [1.807, 2.05) is 0 Å². The quantitative estimate of drug-likeness (QED) is 0.765. The standard InChI is InChI=1S/C16H12ClF5O/c1-10-5-4-6-11(9-10)14(23,15(18,19)16(20,21)22)12-7-2-3-8-13(12)17/h2-9,23H,1H3. The van der Waals surface area contributed by atoms with E-state index in [-0.39, 0.29) is 5.02 Å². The smallest absolute Gasteiger partial charge is 0.374 e. The summed E-state index contributed by atoms with van der Waals surface area (Å²) in [5.74, 6) is -5.45. The number of rotatable bonds is 3. The van der Waals surface area contributed by atoms with E-state index in [0.717, 1.165) is 24.3 Å². The fourth-order valence-electron chi connectivity index (χ4n) is 2.34. The van der Waals surface area contributed by atoms with Gasteiger partial charge in [0, 0.05) is 10.6 Å². The van der Waals surface area contributed by atoms with E-state index in [1.54, 1.807) is 0 Å². The van der Waals surface area contributed by atoms with Crippen LogP contribution in [0.4, 0.5) is 22.0 Å². The summed E-state index contributed by atoms with van der Waals surface area (Å²) in [4.78, 5) is 0. The molecule has 0 fully saturated rings. The highest BCUT2D eigenvalue weighted by Gasteiger charge is 2.71. The molecule has 0 aromatic heterocycles. The topological polar surface area (TPSA) is 20.2 Å². The lowest BCUT2D eigenvalue weighted by Gasteiger charge is -2.38. The molecule has 2 rings (SSSR count). The highest BCUT2D eigenvalue weighted by molar-refractivity contribution is 6.31. The van der Waals surface area contributed by atoms with Crippen LogP contribution in [0.25, 0.3) is 0 Å². The average Bonchev–Trinajstić information content (AvgIpc) is 2.45. The lowest BCUT2D eigenvalue weighted by molar-refractivity contribution is -0.336. The molecule has 1 unspecified atom stereocenters. The van der Waals surface area contributed by atoms with E-state index in [2.05, 4.69) is 0 Å². The highest BCUT2D eigenvalue weighted by atomic mass is 35.5. The third-order valence-electron chi connectivity index (χ3n) is 3.51. The maximum Gasteiger partial charge on any atom is 0.457 e. The normalized spacial score (nSPS) is 15.3. The van der Waals surface area contributed by atoms with Gasteiger partial charge in [-0.2, -0.15) is 22.0 Å². The molecular weight excluding hydrogens is 339 g/mol. The molecule has 0 aliphatic heterocycles. The van der Waals surface area contributed by atoms with E-state index < -0.39 is 28.8 Å². The fourth-order valence-corrected chi connectivity index (χ4v) is 2.61. The van der Waals surface area contributed by atoms with Gasteiger partial charge in [0.25, 0.3) is 0 Å². The summed E-state index contributed by atoms with van der Waals surface area (Å²) in [7, 11) is 0. The summed E-state index contributed by atoms with van der Waals surface area (Å²) in [5.41, 5.74) is -4.52. The van der Waals surface area contributed by atoms with Crippen molar-refractivity contribution in [3.63, 3.8) is 0 Å². The van der Waals surface area contributed by atoms with Crippen molar-refractivity contribution >= 4 is 11.6 Å². The number of aryl methyl sites for hydroxylation is 1.